The van der Waals surface area contributed by atoms with E-state index in [9.17, 15) is 14.0 Å². The first-order chi connectivity index (χ1) is 15.8. The number of carbonyl (C=O) groups is 2. The van der Waals surface area contributed by atoms with Crippen LogP contribution >= 0.6 is 0 Å². The summed E-state index contributed by atoms with van der Waals surface area (Å²) in [6.45, 7) is 3.46. The highest BCUT2D eigenvalue weighted by Gasteiger charge is 2.18. The van der Waals surface area contributed by atoms with Gasteiger partial charge in [0.15, 0.2) is 0 Å². The quantitative estimate of drug-likeness (QED) is 0.474. The summed E-state index contributed by atoms with van der Waals surface area (Å²) in [6.07, 6.45) is 5.74. The predicted molar refractivity (Wildman–Crippen MR) is 121 cm³/mol. The molecule has 0 atom stereocenters. The first kappa shape index (κ1) is 21.9. The van der Waals surface area contributed by atoms with Crippen LogP contribution in [0.15, 0.2) is 49.1 Å². The van der Waals surface area contributed by atoms with Crippen LogP contribution in [0.25, 0.3) is 16.9 Å². The van der Waals surface area contributed by atoms with Gasteiger partial charge in [0.1, 0.15) is 11.5 Å². The Labute approximate surface area is 188 Å². The van der Waals surface area contributed by atoms with Gasteiger partial charge in [-0.05, 0) is 43.7 Å². The summed E-state index contributed by atoms with van der Waals surface area (Å²) in [5, 5.41) is 2.50. The fraction of sp³-hybridized carbons (Fsp3) is 0.174. The van der Waals surface area contributed by atoms with E-state index in [2.05, 4.69) is 25.0 Å². The maximum atomic E-state index is 13.5. The number of nitrogens with zero attached hydrogens (tertiary/aromatic N) is 5. The molecule has 9 nitrogen and oxygen atoms in total. The molecule has 4 heterocycles. The molecule has 33 heavy (non-hydrogen) atoms. The molecule has 0 saturated heterocycles. The predicted octanol–water partition coefficient (Wildman–Crippen LogP) is 4.00. The van der Waals surface area contributed by atoms with Crippen molar-refractivity contribution in [1.29, 1.82) is 0 Å². The Morgan fingerprint density at radius 3 is 2.52 bits per heavy atom. The fourth-order valence-electron chi connectivity index (χ4n) is 3.40. The Kier molecular flexibility index (Phi) is 5.74. The van der Waals surface area contributed by atoms with Crippen molar-refractivity contribution in [3.63, 3.8) is 0 Å². The molecule has 0 aliphatic rings. The van der Waals surface area contributed by atoms with E-state index < -0.39 is 12.0 Å². The van der Waals surface area contributed by atoms with Crippen LogP contribution in [0, 0.1) is 19.8 Å². The molecule has 4 rings (SSSR count). The van der Waals surface area contributed by atoms with Gasteiger partial charge in [0.2, 0.25) is 5.95 Å². The van der Waals surface area contributed by atoms with Gasteiger partial charge in [0, 0.05) is 36.8 Å². The zero-order valence-electron chi connectivity index (χ0n) is 18.5. The number of imidazole rings is 1. The van der Waals surface area contributed by atoms with Crippen LogP contribution < -0.4 is 10.2 Å². The number of pyridine rings is 3. The largest absolute Gasteiger partial charge is 0.453 e. The second kappa shape index (κ2) is 8.65. The highest BCUT2D eigenvalue weighted by molar-refractivity contribution is 6.05. The van der Waals surface area contributed by atoms with Crippen LogP contribution in [0.2, 0.25) is 0 Å². The molecule has 0 spiro atoms. The van der Waals surface area contributed by atoms with Crippen molar-refractivity contribution in [2.45, 2.75) is 13.8 Å². The van der Waals surface area contributed by atoms with Crippen LogP contribution in [0.4, 0.5) is 20.7 Å². The van der Waals surface area contributed by atoms with Crippen molar-refractivity contribution in [2.75, 3.05) is 24.4 Å². The summed E-state index contributed by atoms with van der Waals surface area (Å²) in [5.74, 6) is -0.563. The lowest BCUT2D eigenvalue weighted by molar-refractivity contribution is 0.0992. The van der Waals surface area contributed by atoms with E-state index in [1.54, 1.807) is 44.7 Å². The van der Waals surface area contributed by atoms with E-state index in [1.807, 2.05) is 17.4 Å². The Hall–Kier alpha value is -4.34. The van der Waals surface area contributed by atoms with Gasteiger partial charge < -0.3 is 9.64 Å². The molecule has 4 aromatic heterocycles. The minimum atomic E-state index is -0.607. The number of carbonyl (C=O) groups excluding carboxylic acids is 2. The third kappa shape index (κ3) is 4.22. The number of amides is 2. The van der Waals surface area contributed by atoms with Gasteiger partial charge in [-0.2, -0.15) is 4.39 Å². The SMILES string of the molecule is COC(=O)Nc1ccc(-c2cnc3c(C)cc(N(C)C(=O)c4cnc(F)c(C)c4)cn23)cn1. The van der Waals surface area contributed by atoms with Crippen LogP contribution in [0.3, 0.4) is 0 Å². The number of hydrogen-bond donors (Lipinski definition) is 1. The number of halogens is 1. The van der Waals surface area contributed by atoms with Crippen molar-refractivity contribution < 1.29 is 18.7 Å². The van der Waals surface area contributed by atoms with Crippen molar-refractivity contribution >= 4 is 29.2 Å². The van der Waals surface area contributed by atoms with E-state index in [4.69, 9.17) is 0 Å². The van der Waals surface area contributed by atoms with Crippen molar-refractivity contribution in [2.24, 2.45) is 0 Å². The molecular weight excluding hydrogens is 427 g/mol. The molecule has 0 unspecified atom stereocenters. The molecule has 0 saturated carbocycles. The maximum Gasteiger partial charge on any atom is 0.412 e. The third-order valence-corrected chi connectivity index (χ3v) is 5.20. The van der Waals surface area contributed by atoms with Gasteiger partial charge in [-0.1, -0.05) is 0 Å². The molecule has 1 N–H and O–H groups in total. The summed E-state index contributed by atoms with van der Waals surface area (Å²) in [6, 6.07) is 6.79. The second-order valence-electron chi connectivity index (χ2n) is 7.46. The van der Waals surface area contributed by atoms with Gasteiger partial charge in [-0.15, -0.1) is 0 Å². The number of rotatable bonds is 4. The topological polar surface area (TPSA) is 102 Å². The zero-order valence-corrected chi connectivity index (χ0v) is 18.5. The minimum Gasteiger partial charge on any atom is -0.453 e. The van der Waals surface area contributed by atoms with Crippen LogP contribution in [-0.4, -0.2) is 45.5 Å². The molecule has 168 valence electrons. The molecule has 0 aromatic carbocycles. The highest BCUT2D eigenvalue weighted by atomic mass is 19.1. The number of methoxy groups -OCH3 is 1. The molecule has 0 fully saturated rings. The van der Waals surface area contributed by atoms with E-state index >= 15 is 0 Å². The van der Waals surface area contributed by atoms with Crippen LogP contribution in [0.1, 0.15) is 21.5 Å². The van der Waals surface area contributed by atoms with Crippen LogP contribution in [-0.2, 0) is 4.74 Å². The minimum absolute atomic E-state index is 0.290. The molecule has 10 heteroatoms. The molecule has 0 bridgehead atoms. The molecular formula is C23H21FN6O3. The number of nitrogens with one attached hydrogen (secondary N) is 1. The third-order valence-electron chi connectivity index (χ3n) is 5.20. The summed E-state index contributed by atoms with van der Waals surface area (Å²) < 4.78 is 19.9. The van der Waals surface area contributed by atoms with Gasteiger partial charge >= 0.3 is 6.09 Å². The van der Waals surface area contributed by atoms with Crippen molar-refractivity contribution in [1.82, 2.24) is 19.4 Å². The number of fused-ring (bicyclic) bond motifs is 1. The van der Waals surface area contributed by atoms with Gasteiger partial charge in [0.25, 0.3) is 5.91 Å². The monoisotopic (exact) mass is 448 g/mol. The maximum absolute atomic E-state index is 13.5. The molecule has 0 radical (unpaired) electrons. The number of anilines is 2. The smallest absolute Gasteiger partial charge is 0.412 e. The molecule has 0 aliphatic carbocycles. The molecule has 2 amide bonds. The van der Waals surface area contributed by atoms with Crippen LogP contribution in [0.5, 0.6) is 0 Å². The Bertz CT molecular complexity index is 1370. The van der Waals surface area contributed by atoms with Crippen molar-refractivity contribution in [3.05, 3.63) is 71.7 Å². The fourth-order valence-corrected chi connectivity index (χ4v) is 3.40. The number of aryl methyl sites for hydroxylation is 2. The zero-order chi connectivity index (χ0) is 23.7. The lowest BCUT2D eigenvalue weighted by Gasteiger charge is -2.19. The molecule has 0 aliphatic heterocycles. The Balaban J connectivity index is 1.69. The second-order valence-corrected chi connectivity index (χ2v) is 7.46. The first-order valence-electron chi connectivity index (χ1n) is 9.97. The highest BCUT2D eigenvalue weighted by Crippen LogP contribution is 2.27. The number of ether oxygens (including phenoxy) is 1. The lowest BCUT2D eigenvalue weighted by atomic mass is 10.2. The average Bonchev–Trinajstić information content (AvgIpc) is 3.25. The van der Waals surface area contributed by atoms with Crippen molar-refractivity contribution in [3.8, 4) is 11.3 Å². The average molecular weight is 448 g/mol. The van der Waals surface area contributed by atoms with E-state index in [0.29, 0.717) is 17.1 Å². The van der Waals surface area contributed by atoms with E-state index in [-0.39, 0.29) is 11.5 Å². The van der Waals surface area contributed by atoms with E-state index in [0.717, 1.165) is 22.5 Å². The van der Waals surface area contributed by atoms with Gasteiger partial charge in [0.05, 0.1) is 30.3 Å². The summed E-state index contributed by atoms with van der Waals surface area (Å²) in [7, 11) is 2.92. The van der Waals surface area contributed by atoms with E-state index in [1.165, 1.54) is 24.3 Å². The standard InChI is InChI=1S/C23H21FN6O3/c1-13-7-16(10-26-20(13)24)22(31)29(3)17-8-14(2)21-27-11-18(30(21)12-17)15-5-6-19(25-9-15)28-23(32)33-4/h5-12H,1-4H3,(H,25,28,32). The number of hydrogen-bond acceptors (Lipinski definition) is 6. The lowest BCUT2D eigenvalue weighted by Crippen LogP contribution is -2.27. The first-order valence-corrected chi connectivity index (χ1v) is 9.97. The summed E-state index contributed by atoms with van der Waals surface area (Å²) in [4.78, 5) is 38.2. The Morgan fingerprint density at radius 2 is 1.85 bits per heavy atom. The normalized spacial score (nSPS) is 10.8. The summed E-state index contributed by atoms with van der Waals surface area (Å²) in [5.41, 5.74) is 4.33. The molecule has 4 aromatic rings. The Morgan fingerprint density at radius 1 is 1.06 bits per heavy atom. The van der Waals surface area contributed by atoms with Gasteiger partial charge in [-0.25, -0.2) is 19.7 Å². The number of aromatic nitrogens is 4. The summed E-state index contributed by atoms with van der Waals surface area (Å²) >= 11 is 0. The van der Waals surface area contributed by atoms with Gasteiger partial charge in [-0.3, -0.25) is 14.5 Å².